The molecule has 0 saturated carbocycles. The van der Waals surface area contributed by atoms with Gasteiger partial charge in [-0.1, -0.05) is 6.07 Å². The van der Waals surface area contributed by atoms with Crippen LogP contribution < -0.4 is 5.32 Å². The lowest BCUT2D eigenvalue weighted by Gasteiger charge is -2.23. The summed E-state index contributed by atoms with van der Waals surface area (Å²) >= 11 is 3.35. The zero-order chi connectivity index (χ0) is 12.5. The molecule has 0 amide bonds. The van der Waals surface area contributed by atoms with Crippen molar-refractivity contribution in [1.82, 2.24) is 5.32 Å². The summed E-state index contributed by atoms with van der Waals surface area (Å²) in [6.45, 7) is 2.08. The smallest absolute Gasteiger partial charge is 0.176 e. The molecule has 0 aliphatic carbocycles. The molecule has 1 fully saturated rings. The van der Waals surface area contributed by atoms with Gasteiger partial charge < -0.3 is 5.32 Å². The van der Waals surface area contributed by atoms with E-state index in [0.717, 1.165) is 25.9 Å². The van der Waals surface area contributed by atoms with Crippen molar-refractivity contribution in [2.45, 2.75) is 23.7 Å². The molecule has 0 atom stereocenters. The summed E-state index contributed by atoms with van der Waals surface area (Å²) in [5, 5.41) is 3.33. The first-order valence-electron chi connectivity index (χ1n) is 5.69. The van der Waals surface area contributed by atoms with E-state index in [1.807, 2.05) is 12.1 Å². The SMILES string of the molecule is CS(=O)(=O)c1ccc(C2CCNCC2)cc1Br. The average Bonchev–Trinajstić information content (AvgIpc) is 2.28. The molecule has 0 radical (unpaired) electrons. The van der Waals surface area contributed by atoms with Crippen LogP contribution >= 0.6 is 15.9 Å². The van der Waals surface area contributed by atoms with Crippen molar-refractivity contribution in [1.29, 1.82) is 0 Å². The van der Waals surface area contributed by atoms with Crippen LogP contribution in [0.15, 0.2) is 27.6 Å². The van der Waals surface area contributed by atoms with E-state index in [0.29, 0.717) is 15.3 Å². The van der Waals surface area contributed by atoms with Crippen LogP contribution in [0, 0.1) is 0 Å². The number of nitrogens with one attached hydrogen (secondary N) is 1. The van der Waals surface area contributed by atoms with E-state index in [1.165, 1.54) is 11.8 Å². The van der Waals surface area contributed by atoms with E-state index in [2.05, 4.69) is 21.2 Å². The van der Waals surface area contributed by atoms with Crippen molar-refractivity contribution in [3.8, 4) is 0 Å². The molecule has 1 aliphatic rings. The van der Waals surface area contributed by atoms with E-state index < -0.39 is 9.84 Å². The first-order chi connectivity index (χ1) is 7.98. The number of sulfone groups is 1. The van der Waals surface area contributed by atoms with Gasteiger partial charge in [-0.25, -0.2) is 8.42 Å². The van der Waals surface area contributed by atoms with Gasteiger partial charge in [0.05, 0.1) is 4.90 Å². The first-order valence-corrected chi connectivity index (χ1v) is 8.37. The van der Waals surface area contributed by atoms with Crippen LogP contribution in [0.5, 0.6) is 0 Å². The van der Waals surface area contributed by atoms with Crippen LogP contribution in [0.4, 0.5) is 0 Å². The molecule has 1 N–H and O–H groups in total. The van der Waals surface area contributed by atoms with Crippen LogP contribution in [0.25, 0.3) is 0 Å². The summed E-state index contributed by atoms with van der Waals surface area (Å²) in [5.41, 5.74) is 1.23. The predicted octanol–water partition coefficient (Wildman–Crippen LogP) is 2.32. The quantitative estimate of drug-likeness (QED) is 0.910. The van der Waals surface area contributed by atoms with E-state index in [9.17, 15) is 8.42 Å². The van der Waals surface area contributed by atoms with Crippen LogP contribution in [0.3, 0.4) is 0 Å². The molecule has 1 aromatic carbocycles. The molecular formula is C12H16BrNO2S. The summed E-state index contributed by atoms with van der Waals surface area (Å²) < 4.78 is 23.7. The third-order valence-electron chi connectivity index (χ3n) is 3.17. The van der Waals surface area contributed by atoms with Gasteiger partial charge >= 0.3 is 0 Å². The van der Waals surface area contributed by atoms with Crippen LogP contribution in [-0.2, 0) is 9.84 Å². The maximum absolute atomic E-state index is 11.5. The minimum Gasteiger partial charge on any atom is -0.317 e. The highest BCUT2D eigenvalue weighted by atomic mass is 79.9. The molecule has 5 heteroatoms. The molecule has 3 nitrogen and oxygen atoms in total. The van der Waals surface area contributed by atoms with Crippen LogP contribution in [0.1, 0.15) is 24.3 Å². The lowest BCUT2D eigenvalue weighted by atomic mass is 9.90. The summed E-state index contributed by atoms with van der Waals surface area (Å²) in [5.74, 6) is 0.543. The van der Waals surface area contributed by atoms with Crippen molar-refractivity contribution in [2.75, 3.05) is 19.3 Å². The molecular weight excluding hydrogens is 302 g/mol. The van der Waals surface area contributed by atoms with Gasteiger partial charge in [-0.05, 0) is 65.5 Å². The molecule has 0 aromatic heterocycles. The number of piperidine rings is 1. The molecule has 0 unspecified atom stereocenters. The Bertz CT molecular complexity index is 507. The number of halogens is 1. The Kier molecular flexibility index (Phi) is 3.90. The second kappa shape index (κ2) is 5.08. The summed E-state index contributed by atoms with van der Waals surface area (Å²) in [6.07, 6.45) is 3.46. The number of hydrogen-bond acceptors (Lipinski definition) is 3. The number of rotatable bonds is 2. The van der Waals surface area contributed by atoms with Crippen molar-refractivity contribution >= 4 is 25.8 Å². The summed E-state index contributed by atoms with van der Waals surface area (Å²) in [7, 11) is -3.14. The molecule has 2 rings (SSSR count). The molecule has 0 spiro atoms. The highest BCUT2D eigenvalue weighted by Gasteiger charge is 2.18. The van der Waals surface area contributed by atoms with Gasteiger partial charge in [0.2, 0.25) is 0 Å². The molecule has 1 aliphatic heterocycles. The third-order valence-corrected chi connectivity index (χ3v) is 5.24. The second-order valence-electron chi connectivity index (χ2n) is 4.49. The van der Waals surface area contributed by atoms with Crippen molar-refractivity contribution < 1.29 is 8.42 Å². The Labute approximate surface area is 111 Å². The van der Waals surface area contributed by atoms with Gasteiger partial charge in [0.15, 0.2) is 9.84 Å². The Morgan fingerprint density at radius 1 is 1.29 bits per heavy atom. The zero-order valence-electron chi connectivity index (χ0n) is 9.74. The normalized spacial score (nSPS) is 18.2. The van der Waals surface area contributed by atoms with Crippen molar-refractivity contribution in [3.05, 3.63) is 28.2 Å². The third kappa shape index (κ3) is 3.09. The van der Waals surface area contributed by atoms with Gasteiger partial charge in [-0.3, -0.25) is 0 Å². The number of hydrogen-bond donors (Lipinski definition) is 1. The molecule has 94 valence electrons. The summed E-state index contributed by atoms with van der Waals surface area (Å²) in [4.78, 5) is 0.371. The zero-order valence-corrected chi connectivity index (χ0v) is 12.1. The standard InChI is InChI=1S/C12H16BrNO2S/c1-17(15,16)12-3-2-10(8-11(12)13)9-4-6-14-7-5-9/h2-3,8-9,14H,4-7H2,1H3. The van der Waals surface area contributed by atoms with E-state index >= 15 is 0 Å². The molecule has 0 bridgehead atoms. The Morgan fingerprint density at radius 3 is 2.47 bits per heavy atom. The highest BCUT2D eigenvalue weighted by molar-refractivity contribution is 9.10. The Balaban J connectivity index is 2.30. The Hall–Kier alpha value is -0.390. The molecule has 1 aromatic rings. The minimum absolute atomic E-state index is 0.371. The van der Waals surface area contributed by atoms with Crippen LogP contribution in [0.2, 0.25) is 0 Å². The van der Waals surface area contributed by atoms with Gasteiger partial charge in [0.1, 0.15) is 0 Å². The molecule has 17 heavy (non-hydrogen) atoms. The lowest BCUT2D eigenvalue weighted by Crippen LogP contribution is -2.26. The lowest BCUT2D eigenvalue weighted by molar-refractivity contribution is 0.460. The van der Waals surface area contributed by atoms with E-state index in [1.54, 1.807) is 6.07 Å². The monoisotopic (exact) mass is 317 g/mol. The second-order valence-corrected chi connectivity index (χ2v) is 7.32. The van der Waals surface area contributed by atoms with Gasteiger partial charge in [0, 0.05) is 10.7 Å². The van der Waals surface area contributed by atoms with Crippen molar-refractivity contribution in [2.24, 2.45) is 0 Å². The minimum atomic E-state index is -3.14. The van der Waals surface area contributed by atoms with E-state index in [-0.39, 0.29) is 0 Å². The predicted molar refractivity (Wildman–Crippen MR) is 72.1 cm³/mol. The highest BCUT2D eigenvalue weighted by Crippen LogP contribution is 2.30. The Morgan fingerprint density at radius 2 is 1.94 bits per heavy atom. The fourth-order valence-corrected chi connectivity index (χ4v) is 4.23. The topological polar surface area (TPSA) is 46.2 Å². The fourth-order valence-electron chi connectivity index (χ4n) is 2.23. The fraction of sp³-hybridized carbons (Fsp3) is 0.500. The van der Waals surface area contributed by atoms with E-state index in [4.69, 9.17) is 0 Å². The maximum Gasteiger partial charge on any atom is 0.176 e. The largest absolute Gasteiger partial charge is 0.317 e. The number of benzene rings is 1. The summed E-state index contributed by atoms with van der Waals surface area (Å²) in [6, 6.07) is 5.60. The van der Waals surface area contributed by atoms with Gasteiger partial charge in [-0.2, -0.15) is 0 Å². The average molecular weight is 318 g/mol. The van der Waals surface area contributed by atoms with Gasteiger partial charge in [0.25, 0.3) is 0 Å². The maximum atomic E-state index is 11.5. The molecule has 1 saturated heterocycles. The first kappa shape index (κ1) is 13.1. The van der Waals surface area contributed by atoms with Crippen LogP contribution in [-0.4, -0.2) is 27.8 Å². The molecule has 1 heterocycles. The van der Waals surface area contributed by atoms with Crippen molar-refractivity contribution in [3.63, 3.8) is 0 Å². The van der Waals surface area contributed by atoms with Gasteiger partial charge in [-0.15, -0.1) is 0 Å².